The Morgan fingerprint density at radius 1 is 0.956 bits per heavy atom. The minimum atomic E-state index is -0.662. The summed E-state index contributed by atoms with van der Waals surface area (Å²) in [7, 11) is 1.56. The number of fused-ring (bicyclic) bond motifs is 1. The Morgan fingerprint density at radius 3 is 2.56 bits per heavy atom. The third kappa shape index (κ3) is 7.16. The van der Waals surface area contributed by atoms with Gasteiger partial charge in [-0.3, -0.25) is 19.6 Å². The summed E-state index contributed by atoms with van der Waals surface area (Å²) in [6, 6.07) is 17.9. The summed E-state index contributed by atoms with van der Waals surface area (Å²) in [6.07, 6.45) is 2.83. The fourth-order valence-corrected chi connectivity index (χ4v) is 5.53. The van der Waals surface area contributed by atoms with Crippen molar-refractivity contribution in [1.29, 1.82) is 0 Å². The first-order chi connectivity index (χ1) is 22.0. The second-order valence-corrected chi connectivity index (χ2v) is 11.0. The Hall–Kier alpha value is -4.74. The van der Waals surface area contributed by atoms with Crippen molar-refractivity contribution < 1.29 is 32.9 Å². The van der Waals surface area contributed by atoms with Crippen LogP contribution < -0.4 is 19.5 Å². The number of carbonyl (C=O) groups excluding carboxylic acids is 2. The SMILES string of the molecule is COc1cc2c(Oc3ccc(CN4C(=O)NC(Cc5ccccc5)C4=O)cc3F)ccnc2cc1OCCCN1CCOCC1. The van der Waals surface area contributed by atoms with E-state index < -0.39 is 17.9 Å². The van der Waals surface area contributed by atoms with E-state index in [0.717, 1.165) is 49.7 Å². The van der Waals surface area contributed by atoms with E-state index in [9.17, 15) is 9.59 Å². The molecule has 1 unspecified atom stereocenters. The van der Waals surface area contributed by atoms with Crippen LogP contribution in [0.15, 0.2) is 72.9 Å². The first-order valence-corrected chi connectivity index (χ1v) is 15.0. The fourth-order valence-electron chi connectivity index (χ4n) is 5.53. The summed E-state index contributed by atoms with van der Waals surface area (Å²) in [6.45, 7) is 4.77. The topological polar surface area (TPSA) is 102 Å². The number of halogens is 1. The molecule has 11 heteroatoms. The number of hydrogen-bond donors (Lipinski definition) is 1. The molecular weight excluding hydrogens is 579 g/mol. The third-order valence-electron chi connectivity index (χ3n) is 7.91. The standard InChI is InChI=1S/C34H35FN4O6/c1-42-31-20-25-27(21-32(31)44-15-5-12-38-13-16-43-17-14-38)36-11-10-29(25)45-30-9-8-24(18-26(30)35)22-39-33(40)28(37-34(39)41)19-23-6-3-2-4-7-23/h2-4,6-11,18,20-21,28H,5,12-17,19,22H2,1H3,(H,37,41). The van der Waals surface area contributed by atoms with E-state index in [-0.39, 0.29) is 18.2 Å². The van der Waals surface area contributed by atoms with Crippen molar-refractivity contribution in [3.8, 4) is 23.0 Å². The predicted molar refractivity (Wildman–Crippen MR) is 165 cm³/mol. The highest BCUT2D eigenvalue weighted by molar-refractivity contribution is 6.04. The molecule has 1 atom stereocenters. The van der Waals surface area contributed by atoms with Gasteiger partial charge in [-0.25, -0.2) is 9.18 Å². The summed E-state index contributed by atoms with van der Waals surface area (Å²) in [5, 5.41) is 3.35. The molecule has 4 aromatic rings. The number of rotatable bonds is 12. The summed E-state index contributed by atoms with van der Waals surface area (Å²) >= 11 is 0. The molecule has 10 nitrogen and oxygen atoms in total. The zero-order valence-corrected chi connectivity index (χ0v) is 25.0. The molecule has 2 saturated heterocycles. The molecular formula is C34H35FN4O6. The molecule has 2 aliphatic heterocycles. The highest BCUT2D eigenvalue weighted by Gasteiger charge is 2.37. The Balaban J connectivity index is 1.11. The molecule has 1 aromatic heterocycles. The van der Waals surface area contributed by atoms with Crippen molar-refractivity contribution in [2.75, 3.05) is 46.6 Å². The van der Waals surface area contributed by atoms with E-state index >= 15 is 4.39 Å². The number of benzene rings is 3. The van der Waals surface area contributed by atoms with Crippen molar-refractivity contribution in [1.82, 2.24) is 20.1 Å². The van der Waals surface area contributed by atoms with Gasteiger partial charge in [0, 0.05) is 43.7 Å². The molecule has 1 N–H and O–H groups in total. The largest absolute Gasteiger partial charge is 0.493 e. The number of morpholine rings is 1. The van der Waals surface area contributed by atoms with E-state index in [1.165, 1.54) is 12.1 Å². The predicted octanol–water partition coefficient (Wildman–Crippen LogP) is 4.94. The van der Waals surface area contributed by atoms with Crippen LogP contribution >= 0.6 is 0 Å². The molecule has 0 spiro atoms. The fraction of sp³-hybridized carbons (Fsp3) is 0.324. The summed E-state index contributed by atoms with van der Waals surface area (Å²) in [5.74, 6) is 0.495. The summed E-state index contributed by atoms with van der Waals surface area (Å²) in [5.41, 5.74) is 2.01. The van der Waals surface area contributed by atoms with Crippen LogP contribution in [0.3, 0.4) is 0 Å². The second kappa shape index (κ2) is 13.9. The van der Waals surface area contributed by atoms with Gasteiger partial charge in [0.05, 0.1) is 39.0 Å². The van der Waals surface area contributed by atoms with Gasteiger partial charge in [0.15, 0.2) is 23.1 Å². The number of aromatic nitrogens is 1. The maximum atomic E-state index is 15.3. The van der Waals surface area contributed by atoms with Gasteiger partial charge in [-0.1, -0.05) is 36.4 Å². The third-order valence-corrected chi connectivity index (χ3v) is 7.91. The average Bonchev–Trinajstić information content (AvgIpc) is 3.32. The minimum Gasteiger partial charge on any atom is -0.493 e. The first kappa shape index (κ1) is 30.3. The van der Waals surface area contributed by atoms with Crippen LogP contribution in [0.25, 0.3) is 10.9 Å². The van der Waals surface area contributed by atoms with E-state index in [0.29, 0.717) is 46.7 Å². The van der Waals surface area contributed by atoms with E-state index in [2.05, 4.69) is 15.2 Å². The zero-order valence-electron chi connectivity index (χ0n) is 25.0. The number of methoxy groups -OCH3 is 1. The Bertz CT molecular complexity index is 1660. The molecule has 3 amide bonds. The molecule has 0 saturated carbocycles. The van der Waals surface area contributed by atoms with Crippen molar-refractivity contribution in [2.45, 2.75) is 25.4 Å². The number of ether oxygens (including phenoxy) is 4. The smallest absolute Gasteiger partial charge is 0.325 e. The lowest BCUT2D eigenvalue weighted by Gasteiger charge is -2.26. The number of carbonyl (C=O) groups is 2. The minimum absolute atomic E-state index is 0.00666. The van der Waals surface area contributed by atoms with E-state index in [1.54, 1.807) is 37.6 Å². The van der Waals surface area contributed by atoms with Gasteiger partial charge in [-0.2, -0.15) is 0 Å². The van der Waals surface area contributed by atoms with Crippen molar-refractivity contribution in [3.05, 3.63) is 89.9 Å². The van der Waals surface area contributed by atoms with Crippen molar-refractivity contribution in [3.63, 3.8) is 0 Å². The zero-order chi connectivity index (χ0) is 31.2. The van der Waals surface area contributed by atoms with E-state index in [1.807, 2.05) is 30.3 Å². The Labute approximate surface area is 260 Å². The van der Waals surface area contributed by atoms with Crippen molar-refractivity contribution >= 4 is 22.8 Å². The highest BCUT2D eigenvalue weighted by atomic mass is 19.1. The lowest BCUT2D eigenvalue weighted by molar-refractivity contribution is -0.127. The van der Waals surface area contributed by atoms with Gasteiger partial charge in [0.2, 0.25) is 0 Å². The normalized spacial score (nSPS) is 17.0. The van der Waals surface area contributed by atoms with Gasteiger partial charge in [-0.05, 0) is 41.8 Å². The second-order valence-electron chi connectivity index (χ2n) is 11.0. The number of hydrogen-bond acceptors (Lipinski definition) is 8. The van der Waals surface area contributed by atoms with Crippen LogP contribution in [0, 0.1) is 5.82 Å². The molecule has 0 bridgehead atoms. The first-order valence-electron chi connectivity index (χ1n) is 15.0. The number of nitrogens with zero attached hydrogens (tertiary/aromatic N) is 3. The quantitative estimate of drug-likeness (QED) is 0.177. The molecule has 0 aliphatic carbocycles. The maximum Gasteiger partial charge on any atom is 0.325 e. The van der Waals surface area contributed by atoms with Gasteiger partial charge in [-0.15, -0.1) is 0 Å². The van der Waals surface area contributed by atoms with Crippen LogP contribution in [-0.2, 0) is 22.5 Å². The molecule has 2 fully saturated rings. The number of imide groups is 1. The number of amides is 3. The Morgan fingerprint density at radius 2 is 1.78 bits per heavy atom. The van der Waals surface area contributed by atoms with E-state index in [4.69, 9.17) is 18.9 Å². The molecule has 45 heavy (non-hydrogen) atoms. The van der Waals surface area contributed by atoms with Crippen LogP contribution in [0.2, 0.25) is 0 Å². The molecule has 2 aliphatic rings. The van der Waals surface area contributed by atoms with Crippen LogP contribution in [0.5, 0.6) is 23.0 Å². The lowest BCUT2D eigenvalue weighted by Crippen LogP contribution is -2.37. The number of nitrogens with one attached hydrogen (secondary N) is 1. The number of pyridine rings is 1. The monoisotopic (exact) mass is 614 g/mol. The average molecular weight is 615 g/mol. The van der Waals surface area contributed by atoms with Gasteiger partial charge >= 0.3 is 6.03 Å². The van der Waals surface area contributed by atoms with Crippen LogP contribution in [-0.4, -0.2) is 79.3 Å². The molecule has 3 aromatic carbocycles. The van der Waals surface area contributed by atoms with Crippen molar-refractivity contribution in [2.24, 2.45) is 0 Å². The molecule has 3 heterocycles. The molecule has 6 rings (SSSR count). The van der Waals surface area contributed by atoms with Gasteiger partial charge in [0.25, 0.3) is 5.91 Å². The van der Waals surface area contributed by atoms with Crippen LogP contribution in [0.4, 0.5) is 9.18 Å². The number of urea groups is 1. The highest BCUT2D eigenvalue weighted by Crippen LogP contribution is 2.37. The summed E-state index contributed by atoms with van der Waals surface area (Å²) in [4.78, 5) is 33.4. The Kier molecular flexibility index (Phi) is 9.37. The van der Waals surface area contributed by atoms with Crippen LogP contribution in [0.1, 0.15) is 17.5 Å². The molecule has 234 valence electrons. The summed E-state index contributed by atoms with van der Waals surface area (Å²) < 4.78 is 38.3. The molecule has 0 radical (unpaired) electrons. The lowest BCUT2D eigenvalue weighted by atomic mass is 10.1. The maximum absolute atomic E-state index is 15.3. The van der Waals surface area contributed by atoms with Gasteiger partial charge in [0.1, 0.15) is 11.8 Å². The van der Waals surface area contributed by atoms with Gasteiger partial charge < -0.3 is 24.3 Å².